The number of aliphatic hydroxyl groups is 1. The summed E-state index contributed by atoms with van der Waals surface area (Å²) in [5.41, 5.74) is 2.25. The Hall–Kier alpha value is -2.59. The summed E-state index contributed by atoms with van der Waals surface area (Å²) in [6.07, 6.45) is 1.41. The first kappa shape index (κ1) is 17.2. The van der Waals surface area contributed by atoms with E-state index in [1.54, 1.807) is 4.90 Å². The molecule has 130 valence electrons. The second-order valence-electron chi connectivity index (χ2n) is 6.59. The van der Waals surface area contributed by atoms with Crippen molar-refractivity contribution in [3.05, 3.63) is 77.6 Å². The van der Waals surface area contributed by atoms with Crippen LogP contribution in [0.15, 0.2) is 72.0 Å². The maximum Gasteiger partial charge on any atom is 0.258 e. The van der Waals surface area contributed by atoms with Crippen molar-refractivity contribution in [2.75, 3.05) is 25.5 Å². The summed E-state index contributed by atoms with van der Waals surface area (Å²) in [7, 11) is 4.02. The molecule has 4 nitrogen and oxygen atoms in total. The molecule has 0 fully saturated rings. The van der Waals surface area contributed by atoms with Crippen molar-refractivity contribution in [1.29, 1.82) is 0 Å². The van der Waals surface area contributed by atoms with Crippen molar-refractivity contribution < 1.29 is 9.90 Å². The SMILES string of the molecule is CN(C)CCCC1=C(O)C(c2ccccc2)N(c2ccccc2)C1=O. The highest BCUT2D eigenvalue weighted by Crippen LogP contribution is 2.40. The number of carbonyl (C=O) groups is 1. The van der Waals surface area contributed by atoms with Gasteiger partial charge in [-0.15, -0.1) is 0 Å². The van der Waals surface area contributed by atoms with E-state index in [1.807, 2.05) is 74.8 Å². The van der Waals surface area contributed by atoms with Crippen LogP contribution in [0.25, 0.3) is 0 Å². The molecule has 1 aliphatic heterocycles. The standard InChI is InChI=1S/C21H24N2O2/c1-22(2)15-9-14-18-20(24)19(16-10-5-3-6-11-16)23(21(18)25)17-12-7-4-8-13-17/h3-8,10-13,19,24H,9,14-15H2,1-2H3. The van der Waals surface area contributed by atoms with Crippen LogP contribution in [0.4, 0.5) is 5.69 Å². The monoisotopic (exact) mass is 336 g/mol. The summed E-state index contributed by atoms with van der Waals surface area (Å²) in [6.45, 7) is 0.880. The first-order valence-corrected chi connectivity index (χ1v) is 8.60. The molecule has 0 radical (unpaired) electrons. The van der Waals surface area contributed by atoms with Gasteiger partial charge in [0, 0.05) is 5.69 Å². The second kappa shape index (κ2) is 7.53. The fourth-order valence-corrected chi connectivity index (χ4v) is 3.26. The topological polar surface area (TPSA) is 43.8 Å². The van der Waals surface area contributed by atoms with E-state index in [-0.39, 0.29) is 11.7 Å². The number of para-hydroxylation sites is 1. The molecule has 1 heterocycles. The minimum atomic E-state index is -0.453. The van der Waals surface area contributed by atoms with Crippen LogP contribution in [-0.2, 0) is 4.79 Å². The number of hydrogen-bond acceptors (Lipinski definition) is 3. The highest BCUT2D eigenvalue weighted by atomic mass is 16.3. The third-order valence-electron chi connectivity index (χ3n) is 4.49. The molecule has 1 N–H and O–H groups in total. The minimum absolute atomic E-state index is 0.101. The summed E-state index contributed by atoms with van der Waals surface area (Å²) < 4.78 is 0. The predicted octanol–water partition coefficient (Wildman–Crippen LogP) is 3.93. The smallest absolute Gasteiger partial charge is 0.258 e. The highest BCUT2D eigenvalue weighted by molar-refractivity contribution is 6.09. The van der Waals surface area contributed by atoms with Crippen molar-refractivity contribution in [3.8, 4) is 0 Å². The molecule has 0 saturated carbocycles. The molecule has 1 atom stereocenters. The number of hydrogen-bond donors (Lipinski definition) is 1. The van der Waals surface area contributed by atoms with Crippen LogP contribution in [0.5, 0.6) is 0 Å². The van der Waals surface area contributed by atoms with Crippen LogP contribution in [0.1, 0.15) is 24.4 Å². The molecular weight excluding hydrogens is 312 g/mol. The number of rotatable bonds is 6. The maximum atomic E-state index is 13.1. The summed E-state index contributed by atoms with van der Waals surface area (Å²) in [4.78, 5) is 16.9. The van der Waals surface area contributed by atoms with Crippen molar-refractivity contribution >= 4 is 11.6 Å². The average molecular weight is 336 g/mol. The van der Waals surface area contributed by atoms with Crippen LogP contribution < -0.4 is 4.90 Å². The van der Waals surface area contributed by atoms with E-state index < -0.39 is 6.04 Å². The van der Waals surface area contributed by atoms with Gasteiger partial charge in [-0.25, -0.2) is 0 Å². The zero-order valence-corrected chi connectivity index (χ0v) is 14.7. The normalized spacial score (nSPS) is 17.6. The Labute approximate surface area is 149 Å². The quantitative estimate of drug-likeness (QED) is 0.869. The third kappa shape index (κ3) is 3.59. The van der Waals surface area contributed by atoms with Gasteiger partial charge in [0.1, 0.15) is 11.8 Å². The van der Waals surface area contributed by atoms with Gasteiger partial charge < -0.3 is 10.0 Å². The number of anilines is 1. The van der Waals surface area contributed by atoms with E-state index in [2.05, 4.69) is 4.90 Å². The van der Waals surface area contributed by atoms with E-state index in [0.717, 1.165) is 24.2 Å². The Morgan fingerprint density at radius 1 is 1.00 bits per heavy atom. The van der Waals surface area contributed by atoms with Crippen LogP contribution in [0.2, 0.25) is 0 Å². The van der Waals surface area contributed by atoms with Gasteiger partial charge in [-0.1, -0.05) is 48.5 Å². The molecule has 1 aliphatic rings. The Morgan fingerprint density at radius 2 is 1.60 bits per heavy atom. The van der Waals surface area contributed by atoms with Gasteiger partial charge in [-0.3, -0.25) is 9.69 Å². The number of carbonyl (C=O) groups excluding carboxylic acids is 1. The molecule has 0 aromatic heterocycles. The number of benzene rings is 2. The molecule has 2 aromatic carbocycles. The third-order valence-corrected chi connectivity index (χ3v) is 4.49. The molecule has 1 amide bonds. The molecule has 0 bridgehead atoms. The zero-order chi connectivity index (χ0) is 17.8. The van der Waals surface area contributed by atoms with Gasteiger partial charge in [-0.05, 0) is 51.2 Å². The van der Waals surface area contributed by atoms with E-state index in [4.69, 9.17) is 0 Å². The number of amides is 1. The first-order valence-electron chi connectivity index (χ1n) is 8.60. The van der Waals surface area contributed by atoms with Crippen LogP contribution >= 0.6 is 0 Å². The van der Waals surface area contributed by atoms with E-state index in [1.165, 1.54) is 0 Å². The molecule has 2 aromatic rings. The lowest BCUT2D eigenvalue weighted by molar-refractivity contribution is -0.115. The Balaban J connectivity index is 1.96. The number of nitrogens with zero attached hydrogens (tertiary/aromatic N) is 2. The largest absolute Gasteiger partial charge is 0.509 e. The summed E-state index contributed by atoms with van der Waals surface area (Å²) in [5.74, 6) is 0.0788. The van der Waals surface area contributed by atoms with E-state index in [0.29, 0.717) is 12.0 Å². The molecular formula is C21H24N2O2. The predicted molar refractivity (Wildman–Crippen MR) is 101 cm³/mol. The summed E-state index contributed by atoms with van der Waals surface area (Å²) in [5, 5.41) is 10.9. The zero-order valence-electron chi connectivity index (χ0n) is 14.7. The van der Waals surface area contributed by atoms with Gasteiger partial charge in [0.25, 0.3) is 5.91 Å². The molecule has 4 heteroatoms. The number of aliphatic hydroxyl groups excluding tert-OH is 1. The lowest BCUT2D eigenvalue weighted by atomic mass is 10.0. The molecule has 25 heavy (non-hydrogen) atoms. The molecule has 0 spiro atoms. The second-order valence-corrected chi connectivity index (χ2v) is 6.59. The molecule has 0 aliphatic carbocycles. The highest BCUT2D eigenvalue weighted by Gasteiger charge is 2.40. The maximum absolute atomic E-state index is 13.1. The van der Waals surface area contributed by atoms with Crippen molar-refractivity contribution in [3.63, 3.8) is 0 Å². The lowest BCUT2D eigenvalue weighted by Crippen LogP contribution is -2.30. The van der Waals surface area contributed by atoms with Gasteiger partial charge in [0.2, 0.25) is 0 Å². The van der Waals surface area contributed by atoms with Crippen molar-refractivity contribution in [1.82, 2.24) is 4.90 Å². The minimum Gasteiger partial charge on any atom is -0.509 e. The van der Waals surface area contributed by atoms with E-state index in [9.17, 15) is 9.90 Å². The van der Waals surface area contributed by atoms with Crippen molar-refractivity contribution in [2.45, 2.75) is 18.9 Å². The van der Waals surface area contributed by atoms with Gasteiger partial charge in [-0.2, -0.15) is 0 Å². The van der Waals surface area contributed by atoms with Gasteiger partial charge in [0.15, 0.2) is 0 Å². The summed E-state index contributed by atoms with van der Waals surface area (Å²) >= 11 is 0. The van der Waals surface area contributed by atoms with Crippen molar-refractivity contribution in [2.24, 2.45) is 0 Å². The molecule has 1 unspecified atom stereocenters. The van der Waals surface area contributed by atoms with Gasteiger partial charge >= 0.3 is 0 Å². The fraction of sp³-hybridized carbons (Fsp3) is 0.286. The average Bonchev–Trinajstić information content (AvgIpc) is 2.87. The first-order chi connectivity index (χ1) is 12.1. The molecule has 3 rings (SSSR count). The van der Waals surface area contributed by atoms with Crippen LogP contribution in [0.3, 0.4) is 0 Å². The Kier molecular flexibility index (Phi) is 5.19. The van der Waals surface area contributed by atoms with Crippen LogP contribution in [-0.4, -0.2) is 36.6 Å². The van der Waals surface area contributed by atoms with E-state index >= 15 is 0 Å². The van der Waals surface area contributed by atoms with Gasteiger partial charge in [0.05, 0.1) is 5.57 Å². The Morgan fingerprint density at radius 3 is 2.20 bits per heavy atom. The van der Waals surface area contributed by atoms with Crippen LogP contribution in [0, 0.1) is 0 Å². The lowest BCUT2D eigenvalue weighted by Gasteiger charge is -2.26. The summed E-state index contributed by atoms with van der Waals surface area (Å²) in [6, 6.07) is 18.8. The molecule has 0 saturated heterocycles. The Bertz CT molecular complexity index is 754. The fourth-order valence-electron chi connectivity index (χ4n) is 3.26.